The number of fused-ring (bicyclic) bond motifs is 2. The number of carboxylic acid groups (broad SMARTS) is 1. The summed E-state index contributed by atoms with van der Waals surface area (Å²) in [5, 5.41) is 11.2. The molecule has 0 radical (unpaired) electrons. The number of hydrogen-bond donors (Lipinski definition) is 2. The Balaban J connectivity index is 1.55. The van der Waals surface area contributed by atoms with E-state index in [1.165, 1.54) is 4.90 Å². The van der Waals surface area contributed by atoms with Gasteiger partial charge in [0.1, 0.15) is 11.2 Å². The van der Waals surface area contributed by atoms with E-state index in [-0.39, 0.29) is 24.0 Å². The zero-order valence-corrected chi connectivity index (χ0v) is 23.9. The number of morpholine rings is 1. The van der Waals surface area contributed by atoms with Crippen LogP contribution in [0.25, 0.3) is 22.2 Å². The van der Waals surface area contributed by atoms with Gasteiger partial charge in [0.15, 0.2) is 0 Å². The Hall–Kier alpha value is -3.43. The van der Waals surface area contributed by atoms with Crippen LogP contribution in [0.1, 0.15) is 68.0 Å². The minimum Gasteiger partial charge on any atom is -0.465 e. The number of ether oxygens (including phenoxy) is 2. The van der Waals surface area contributed by atoms with Crippen molar-refractivity contribution >= 4 is 23.0 Å². The molecule has 6 rings (SSSR count). The number of H-pyrrole nitrogens is 1. The normalized spacial score (nSPS) is 22.3. The van der Waals surface area contributed by atoms with Gasteiger partial charge < -0.3 is 24.5 Å². The molecule has 0 spiro atoms. The summed E-state index contributed by atoms with van der Waals surface area (Å²) < 4.78 is 11.6. The number of aromatic nitrogens is 2. The monoisotopic (exact) mass is 546 g/mol. The van der Waals surface area contributed by atoms with Gasteiger partial charge in [-0.05, 0) is 71.6 Å². The smallest absolute Gasteiger partial charge is 0.407 e. The number of carbonyl (C=O) groups is 2. The van der Waals surface area contributed by atoms with E-state index >= 15 is 0 Å². The second kappa shape index (κ2) is 9.59. The van der Waals surface area contributed by atoms with Crippen LogP contribution >= 0.6 is 0 Å². The van der Waals surface area contributed by atoms with Crippen LogP contribution in [-0.2, 0) is 20.7 Å². The summed E-state index contributed by atoms with van der Waals surface area (Å²) in [5.41, 5.74) is 5.95. The van der Waals surface area contributed by atoms with Gasteiger partial charge in [0, 0.05) is 43.5 Å². The SMILES string of the molecule is COC1(C(=O)N2CCc3cc(-c4cnc5[nH]cc(C)c5c4)cc(C4COCCN4C(=O)O)c3C2C(C)(C)C)CC1. The van der Waals surface area contributed by atoms with Crippen LogP contribution in [-0.4, -0.2) is 75.9 Å². The van der Waals surface area contributed by atoms with Crippen molar-refractivity contribution in [3.63, 3.8) is 0 Å². The number of hydrogen-bond acceptors (Lipinski definition) is 5. The molecule has 212 valence electrons. The topological polar surface area (TPSA) is 108 Å². The number of benzene rings is 1. The molecule has 40 heavy (non-hydrogen) atoms. The Bertz CT molecular complexity index is 1480. The molecule has 9 nitrogen and oxygen atoms in total. The molecule has 3 aromatic rings. The lowest BCUT2D eigenvalue weighted by Gasteiger charge is -2.48. The van der Waals surface area contributed by atoms with Crippen molar-refractivity contribution in [2.24, 2.45) is 5.41 Å². The molecule has 1 saturated carbocycles. The Morgan fingerprint density at radius 1 is 1.15 bits per heavy atom. The van der Waals surface area contributed by atoms with E-state index in [2.05, 4.69) is 55.9 Å². The van der Waals surface area contributed by atoms with Gasteiger partial charge in [-0.15, -0.1) is 0 Å². The minimum absolute atomic E-state index is 0.0307. The first-order valence-corrected chi connectivity index (χ1v) is 14.1. The number of methoxy groups -OCH3 is 1. The lowest BCUT2D eigenvalue weighted by atomic mass is 9.73. The first-order valence-electron chi connectivity index (χ1n) is 14.1. The standard InChI is InChI=1S/C31H38N4O5/c1-18-15-32-27-22(18)14-21(16-33-27)20-12-19-6-9-35(28(36)31(39-5)7-8-31)26(30(2,3)4)25(19)23(13-20)24-17-40-11-10-34(24)29(37)38/h12-16,24,26H,6-11,17H2,1-5H3,(H,32,33)(H,37,38). The maximum Gasteiger partial charge on any atom is 0.407 e. The fourth-order valence-electron chi connectivity index (χ4n) is 6.63. The lowest BCUT2D eigenvalue weighted by molar-refractivity contribution is -0.150. The highest BCUT2D eigenvalue weighted by atomic mass is 16.5. The van der Waals surface area contributed by atoms with Crippen molar-refractivity contribution in [3.8, 4) is 11.1 Å². The van der Waals surface area contributed by atoms with Crippen molar-refractivity contribution < 1.29 is 24.2 Å². The largest absolute Gasteiger partial charge is 0.465 e. The molecule has 4 heterocycles. The second-order valence-electron chi connectivity index (χ2n) is 12.5. The number of nitrogens with zero attached hydrogens (tertiary/aromatic N) is 3. The van der Waals surface area contributed by atoms with Crippen molar-refractivity contribution in [1.82, 2.24) is 19.8 Å². The maximum atomic E-state index is 13.9. The van der Waals surface area contributed by atoms with Crippen LogP contribution in [0.3, 0.4) is 0 Å². The Labute approximate surface area is 234 Å². The van der Waals surface area contributed by atoms with Gasteiger partial charge in [0.25, 0.3) is 5.91 Å². The molecule has 1 aromatic carbocycles. The number of nitrogens with one attached hydrogen (secondary N) is 1. The van der Waals surface area contributed by atoms with Gasteiger partial charge in [0.2, 0.25) is 0 Å². The van der Waals surface area contributed by atoms with Crippen LogP contribution < -0.4 is 0 Å². The maximum absolute atomic E-state index is 13.9. The molecule has 1 saturated heterocycles. The predicted octanol–water partition coefficient (Wildman–Crippen LogP) is 5.24. The third-order valence-electron chi connectivity index (χ3n) is 8.88. The predicted molar refractivity (Wildman–Crippen MR) is 151 cm³/mol. The van der Waals surface area contributed by atoms with E-state index in [1.54, 1.807) is 7.11 Å². The van der Waals surface area contributed by atoms with Crippen LogP contribution in [0.15, 0.2) is 30.6 Å². The number of rotatable bonds is 4. The molecule has 2 N–H and O–H groups in total. The zero-order valence-electron chi connectivity index (χ0n) is 23.9. The fourth-order valence-corrected chi connectivity index (χ4v) is 6.63. The van der Waals surface area contributed by atoms with Crippen molar-refractivity contribution in [2.75, 3.05) is 33.4 Å². The quantitative estimate of drug-likeness (QED) is 0.463. The summed E-state index contributed by atoms with van der Waals surface area (Å²) in [5.74, 6) is 0.0307. The molecule has 2 unspecified atom stereocenters. The van der Waals surface area contributed by atoms with Gasteiger partial charge in [-0.1, -0.05) is 26.8 Å². The Morgan fingerprint density at radius 2 is 1.93 bits per heavy atom. The van der Waals surface area contributed by atoms with E-state index in [4.69, 9.17) is 9.47 Å². The number of aromatic amines is 1. The Kier molecular flexibility index (Phi) is 6.42. The van der Waals surface area contributed by atoms with Gasteiger partial charge in [-0.2, -0.15) is 0 Å². The van der Waals surface area contributed by atoms with Gasteiger partial charge in [0.05, 0.1) is 25.3 Å². The van der Waals surface area contributed by atoms with Gasteiger partial charge >= 0.3 is 6.09 Å². The first-order chi connectivity index (χ1) is 19.0. The second-order valence-corrected chi connectivity index (χ2v) is 12.5. The third kappa shape index (κ3) is 4.36. The molecular formula is C31H38N4O5. The molecule has 2 fully saturated rings. The molecule has 2 atom stereocenters. The molecular weight excluding hydrogens is 508 g/mol. The molecule has 3 aliphatic rings. The molecule has 0 bridgehead atoms. The Morgan fingerprint density at radius 3 is 2.60 bits per heavy atom. The third-order valence-corrected chi connectivity index (χ3v) is 8.88. The summed E-state index contributed by atoms with van der Waals surface area (Å²) in [4.78, 5) is 37.7. The average molecular weight is 547 g/mol. The summed E-state index contributed by atoms with van der Waals surface area (Å²) in [6.07, 6.45) is 4.98. The number of amides is 2. The van der Waals surface area contributed by atoms with E-state index in [1.807, 2.05) is 17.3 Å². The summed E-state index contributed by atoms with van der Waals surface area (Å²) in [6.45, 7) is 10.0. The highest BCUT2D eigenvalue weighted by Gasteiger charge is 2.55. The van der Waals surface area contributed by atoms with E-state index in [0.717, 1.165) is 57.3 Å². The highest BCUT2D eigenvalue weighted by molar-refractivity contribution is 5.89. The van der Waals surface area contributed by atoms with Gasteiger partial charge in [-0.3, -0.25) is 9.69 Å². The molecule has 2 amide bonds. The van der Waals surface area contributed by atoms with Crippen molar-refractivity contribution in [2.45, 2.75) is 64.6 Å². The summed E-state index contributed by atoms with van der Waals surface area (Å²) >= 11 is 0. The lowest BCUT2D eigenvalue weighted by Crippen LogP contribution is -2.51. The van der Waals surface area contributed by atoms with E-state index in [0.29, 0.717) is 26.1 Å². The summed E-state index contributed by atoms with van der Waals surface area (Å²) in [6, 6.07) is 5.73. The highest BCUT2D eigenvalue weighted by Crippen LogP contribution is 2.50. The molecule has 1 aliphatic carbocycles. The molecule has 2 aromatic heterocycles. The zero-order chi connectivity index (χ0) is 28.4. The number of aryl methyl sites for hydroxylation is 1. The average Bonchev–Trinajstić information content (AvgIpc) is 3.67. The number of pyridine rings is 1. The van der Waals surface area contributed by atoms with Crippen LogP contribution in [0.4, 0.5) is 4.79 Å². The molecule has 2 aliphatic heterocycles. The summed E-state index contributed by atoms with van der Waals surface area (Å²) in [7, 11) is 1.62. The van der Waals surface area contributed by atoms with Crippen LogP contribution in [0, 0.1) is 12.3 Å². The first kappa shape index (κ1) is 26.8. The van der Waals surface area contributed by atoms with Crippen molar-refractivity contribution in [3.05, 3.63) is 52.8 Å². The number of carbonyl (C=O) groups excluding carboxylic acids is 1. The van der Waals surface area contributed by atoms with Crippen LogP contribution in [0.5, 0.6) is 0 Å². The van der Waals surface area contributed by atoms with E-state index < -0.39 is 17.7 Å². The minimum atomic E-state index is -0.967. The van der Waals surface area contributed by atoms with Crippen molar-refractivity contribution in [1.29, 1.82) is 0 Å². The molecule has 9 heteroatoms. The van der Waals surface area contributed by atoms with Gasteiger partial charge in [-0.25, -0.2) is 9.78 Å². The van der Waals surface area contributed by atoms with E-state index in [9.17, 15) is 14.7 Å². The van der Waals surface area contributed by atoms with Crippen LogP contribution in [0.2, 0.25) is 0 Å². The fraction of sp³-hybridized carbons (Fsp3) is 0.516.